The molecular formula is C22H37N. The average Bonchev–Trinajstić information content (AvgIpc) is 2.60. The average molecular weight is 316 g/mol. The molecule has 1 heteroatoms. The minimum absolute atomic E-state index is 0.884. The van der Waals surface area contributed by atoms with Crippen LogP contribution in [0.25, 0.3) is 11.3 Å². The zero-order valence-corrected chi connectivity index (χ0v) is 16.8. The summed E-state index contributed by atoms with van der Waals surface area (Å²) in [6.07, 6.45) is 3.15. The van der Waals surface area contributed by atoms with Crippen LogP contribution in [0.3, 0.4) is 0 Å². The molecular weight excluding hydrogens is 278 g/mol. The zero-order valence-electron chi connectivity index (χ0n) is 16.8. The van der Waals surface area contributed by atoms with Crippen molar-refractivity contribution in [3.05, 3.63) is 53.7 Å². The first-order valence-corrected chi connectivity index (χ1v) is 9.03. The molecule has 0 saturated carbocycles. The number of aryl methyl sites for hydroxylation is 2. The minimum atomic E-state index is 0.884. The van der Waals surface area contributed by atoms with Gasteiger partial charge in [-0.05, 0) is 37.0 Å². The molecule has 0 aliphatic rings. The summed E-state index contributed by atoms with van der Waals surface area (Å²) in [4.78, 5) is 4.41. The van der Waals surface area contributed by atoms with Gasteiger partial charge in [0.15, 0.2) is 0 Å². The van der Waals surface area contributed by atoms with Crippen LogP contribution in [0.5, 0.6) is 0 Å². The van der Waals surface area contributed by atoms with E-state index in [0.29, 0.717) is 0 Å². The summed E-state index contributed by atoms with van der Waals surface area (Å²) in [6.45, 7) is 18.9. The number of nitrogens with zero attached hydrogens (tertiary/aromatic N) is 1. The number of benzene rings is 1. The Morgan fingerprint density at radius 3 is 1.74 bits per heavy atom. The van der Waals surface area contributed by atoms with E-state index in [4.69, 9.17) is 0 Å². The Balaban J connectivity index is 0. The molecule has 0 aliphatic carbocycles. The van der Waals surface area contributed by atoms with Crippen molar-refractivity contribution in [3.63, 3.8) is 0 Å². The van der Waals surface area contributed by atoms with E-state index in [1.54, 1.807) is 0 Å². The third kappa shape index (κ3) is 9.89. The van der Waals surface area contributed by atoms with E-state index in [1.165, 1.54) is 23.1 Å². The third-order valence-electron chi connectivity index (χ3n) is 3.23. The first kappa shape index (κ1) is 23.6. The maximum atomic E-state index is 4.41. The highest BCUT2D eigenvalue weighted by molar-refractivity contribution is 5.66. The Labute approximate surface area is 145 Å². The van der Waals surface area contributed by atoms with Gasteiger partial charge in [-0.3, -0.25) is 4.98 Å². The maximum Gasteiger partial charge on any atom is 0.0733 e. The van der Waals surface area contributed by atoms with Crippen molar-refractivity contribution >= 4 is 0 Å². The Morgan fingerprint density at radius 2 is 1.30 bits per heavy atom. The second-order valence-corrected chi connectivity index (χ2v) is 5.29. The van der Waals surface area contributed by atoms with E-state index in [0.717, 1.165) is 11.6 Å². The van der Waals surface area contributed by atoms with Crippen molar-refractivity contribution in [2.75, 3.05) is 0 Å². The molecule has 130 valence electrons. The molecule has 0 saturated heterocycles. The summed E-state index contributed by atoms with van der Waals surface area (Å²) in [5, 5.41) is 0. The first-order valence-electron chi connectivity index (χ1n) is 9.03. The summed E-state index contributed by atoms with van der Waals surface area (Å²) >= 11 is 0. The van der Waals surface area contributed by atoms with Crippen molar-refractivity contribution < 1.29 is 0 Å². The van der Waals surface area contributed by atoms with Crippen LogP contribution in [-0.2, 0) is 0 Å². The lowest BCUT2D eigenvalue weighted by Crippen LogP contribution is -1.89. The van der Waals surface area contributed by atoms with Gasteiger partial charge in [0.25, 0.3) is 0 Å². The van der Waals surface area contributed by atoms with Crippen LogP contribution in [0.2, 0.25) is 0 Å². The largest absolute Gasteiger partial charge is 0.256 e. The van der Waals surface area contributed by atoms with Crippen molar-refractivity contribution in [2.24, 2.45) is 5.92 Å². The molecule has 0 aliphatic heterocycles. The van der Waals surface area contributed by atoms with Crippen LogP contribution in [0.15, 0.2) is 42.6 Å². The third-order valence-corrected chi connectivity index (χ3v) is 3.23. The lowest BCUT2D eigenvalue weighted by Gasteiger charge is -2.06. The van der Waals surface area contributed by atoms with Crippen molar-refractivity contribution in [1.29, 1.82) is 0 Å². The van der Waals surface area contributed by atoms with Crippen LogP contribution in [0, 0.1) is 19.8 Å². The molecule has 0 amide bonds. The highest BCUT2D eigenvalue weighted by Gasteiger charge is 2.03. The lowest BCUT2D eigenvalue weighted by atomic mass is 10.0. The number of pyridine rings is 1. The molecule has 1 aromatic carbocycles. The molecule has 0 spiro atoms. The van der Waals surface area contributed by atoms with E-state index in [9.17, 15) is 0 Å². The Morgan fingerprint density at radius 1 is 0.826 bits per heavy atom. The van der Waals surface area contributed by atoms with Crippen LogP contribution in [0.1, 0.15) is 66.0 Å². The van der Waals surface area contributed by atoms with Gasteiger partial charge in [0.05, 0.1) is 5.69 Å². The van der Waals surface area contributed by atoms with Gasteiger partial charge in [0.2, 0.25) is 0 Å². The van der Waals surface area contributed by atoms with E-state index in [1.807, 2.05) is 40.0 Å². The molecule has 2 rings (SSSR count). The molecule has 0 radical (unpaired) electrons. The summed E-state index contributed by atoms with van der Waals surface area (Å²) in [7, 11) is 0. The van der Waals surface area contributed by atoms with Crippen LogP contribution in [-0.4, -0.2) is 4.98 Å². The predicted octanol–water partition coefficient (Wildman–Crippen LogP) is 7.47. The SMILES string of the molecule is CC.CC.CCC(C)C.Cc1ccccc1-c1ncccc1C. The molecule has 0 N–H and O–H groups in total. The van der Waals surface area contributed by atoms with Gasteiger partial charge in [-0.25, -0.2) is 0 Å². The van der Waals surface area contributed by atoms with Gasteiger partial charge in [-0.15, -0.1) is 0 Å². The van der Waals surface area contributed by atoms with Gasteiger partial charge in [0.1, 0.15) is 0 Å². The zero-order chi connectivity index (χ0) is 18.3. The van der Waals surface area contributed by atoms with E-state index < -0.39 is 0 Å². The molecule has 1 heterocycles. The second-order valence-electron chi connectivity index (χ2n) is 5.29. The smallest absolute Gasteiger partial charge is 0.0733 e. The predicted molar refractivity (Wildman–Crippen MR) is 107 cm³/mol. The molecule has 0 fully saturated rings. The normalized spacial score (nSPS) is 8.78. The fourth-order valence-electron chi connectivity index (χ4n) is 1.61. The van der Waals surface area contributed by atoms with Crippen LogP contribution in [0.4, 0.5) is 0 Å². The molecule has 1 aromatic heterocycles. The fourth-order valence-corrected chi connectivity index (χ4v) is 1.61. The highest BCUT2D eigenvalue weighted by atomic mass is 14.7. The van der Waals surface area contributed by atoms with Crippen LogP contribution >= 0.6 is 0 Å². The highest BCUT2D eigenvalue weighted by Crippen LogP contribution is 2.23. The Bertz CT molecular complexity index is 457. The molecule has 2 aromatic rings. The summed E-state index contributed by atoms with van der Waals surface area (Å²) in [5.74, 6) is 0.884. The number of rotatable bonds is 2. The maximum absolute atomic E-state index is 4.41. The lowest BCUT2D eigenvalue weighted by molar-refractivity contribution is 0.626. The number of hydrogen-bond donors (Lipinski definition) is 0. The van der Waals surface area contributed by atoms with Gasteiger partial charge < -0.3 is 0 Å². The van der Waals surface area contributed by atoms with Gasteiger partial charge >= 0.3 is 0 Å². The summed E-state index contributed by atoms with van der Waals surface area (Å²) < 4.78 is 0. The summed E-state index contributed by atoms with van der Waals surface area (Å²) in [5.41, 5.74) is 4.81. The van der Waals surface area contributed by atoms with E-state index in [-0.39, 0.29) is 0 Å². The quantitative estimate of drug-likeness (QED) is 0.560. The van der Waals surface area contributed by atoms with Crippen LogP contribution < -0.4 is 0 Å². The van der Waals surface area contributed by atoms with Crippen molar-refractivity contribution in [3.8, 4) is 11.3 Å². The molecule has 1 nitrogen and oxygen atoms in total. The minimum Gasteiger partial charge on any atom is -0.256 e. The topological polar surface area (TPSA) is 12.9 Å². The van der Waals surface area contributed by atoms with Gasteiger partial charge in [-0.1, -0.05) is 85.2 Å². The van der Waals surface area contributed by atoms with Crippen molar-refractivity contribution in [2.45, 2.75) is 68.7 Å². The van der Waals surface area contributed by atoms with Crippen molar-refractivity contribution in [1.82, 2.24) is 4.98 Å². The number of hydrogen-bond acceptors (Lipinski definition) is 1. The van der Waals surface area contributed by atoms with E-state index >= 15 is 0 Å². The molecule has 0 unspecified atom stereocenters. The Hall–Kier alpha value is -1.63. The fraction of sp³-hybridized carbons (Fsp3) is 0.500. The second kappa shape index (κ2) is 15.3. The monoisotopic (exact) mass is 315 g/mol. The Kier molecular flexibility index (Phi) is 15.7. The molecule has 0 atom stereocenters. The number of aromatic nitrogens is 1. The van der Waals surface area contributed by atoms with Gasteiger partial charge in [0, 0.05) is 11.8 Å². The molecule has 0 bridgehead atoms. The summed E-state index contributed by atoms with van der Waals surface area (Å²) in [6, 6.07) is 12.4. The van der Waals surface area contributed by atoms with Gasteiger partial charge in [-0.2, -0.15) is 0 Å². The van der Waals surface area contributed by atoms with E-state index in [2.05, 4.69) is 69.9 Å². The standard InChI is InChI=1S/C13H13N.C5H12.2C2H6/c1-10-6-3-4-8-12(10)13-11(2)7-5-9-14-13;1-4-5(2)3;2*1-2/h3-9H,1-2H3;5H,4H2,1-3H3;2*1-2H3. The molecule has 23 heavy (non-hydrogen) atoms. The first-order chi connectivity index (χ1) is 11.1.